The van der Waals surface area contributed by atoms with Crippen molar-refractivity contribution in [2.75, 3.05) is 0 Å². The van der Waals surface area contributed by atoms with Gasteiger partial charge in [-0.05, 0) is 18.6 Å². The Hall–Kier alpha value is -3.02. The van der Waals surface area contributed by atoms with Gasteiger partial charge in [0.15, 0.2) is 0 Å². The number of hydrogen-bond donors (Lipinski definition) is 1. The molecule has 0 radical (unpaired) electrons. The second kappa shape index (κ2) is 6.42. The minimum absolute atomic E-state index is 0.0212. The first-order valence-corrected chi connectivity index (χ1v) is 6.23. The molecule has 6 nitrogen and oxygen atoms in total. The summed E-state index contributed by atoms with van der Waals surface area (Å²) in [6.07, 6.45) is 0. The molecule has 2 rings (SSSR count). The van der Waals surface area contributed by atoms with Gasteiger partial charge < -0.3 is 0 Å². The lowest BCUT2D eigenvalue weighted by atomic mass is 10.1. The highest BCUT2D eigenvalue weighted by Gasteiger charge is 2.18. The minimum atomic E-state index is -0.613. The first kappa shape index (κ1) is 14.4. The molecule has 106 valence electrons. The molecule has 6 heteroatoms. The number of rotatable bonds is 4. The lowest BCUT2D eigenvalue weighted by molar-refractivity contribution is -0.385. The number of benzene rings is 2. The molecule has 0 fully saturated rings. The van der Waals surface area contributed by atoms with Gasteiger partial charge in [-0.2, -0.15) is 5.10 Å². The van der Waals surface area contributed by atoms with Crippen molar-refractivity contribution in [3.8, 4) is 0 Å². The minimum Gasteiger partial charge on any atom is -0.267 e. The summed E-state index contributed by atoms with van der Waals surface area (Å²) in [5.41, 5.74) is 3.54. The van der Waals surface area contributed by atoms with Crippen molar-refractivity contribution in [3.63, 3.8) is 0 Å². The Balaban J connectivity index is 2.18. The van der Waals surface area contributed by atoms with Crippen LogP contribution in [0, 0.1) is 10.1 Å². The predicted octanol–water partition coefficient (Wildman–Crippen LogP) is 2.75. The number of nitrogens with one attached hydrogen (secondary N) is 1. The van der Waals surface area contributed by atoms with Crippen molar-refractivity contribution >= 4 is 17.3 Å². The lowest BCUT2D eigenvalue weighted by Crippen LogP contribution is -2.20. The first-order chi connectivity index (χ1) is 10.1. The van der Waals surface area contributed by atoms with E-state index in [1.54, 1.807) is 13.0 Å². The molecule has 21 heavy (non-hydrogen) atoms. The van der Waals surface area contributed by atoms with Crippen LogP contribution < -0.4 is 5.43 Å². The maximum Gasteiger partial charge on any atom is 0.282 e. The number of hydrazone groups is 1. The zero-order valence-corrected chi connectivity index (χ0v) is 11.3. The van der Waals surface area contributed by atoms with Crippen LogP contribution in [0.2, 0.25) is 0 Å². The number of nitro groups is 1. The molecule has 1 N–H and O–H groups in total. The number of para-hydroxylation sites is 1. The zero-order valence-electron chi connectivity index (χ0n) is 11.3. The average Bonchev–Trinajstić information content (AvgIpc) is 2.53. The Morgan fingerprint density at radius 1 is 1.10 bits per heavy atom. The third-order valence-electron chi connectivity index (χ3n) is 2.86. The molecule has 0 heterocycles. The van der Waals surface area contributed by atoms with Crippen LogP contribution in [0.15, 0.2) is 59.7 Å². The summed E-state index contributed by atoms with van der Waals surface area (Å²) in [5, 5.41) is 14.8. The normalized spacial score (nSPS) is 11.0. The number of amides is 1. The molecule has 0 saturated heterocycles. The Labute approximate surface area is 121 Å². The van der Waals surface area contributed by atoms with Gasteiger partial charge in [0.25, 0.3) is 11.6 Å². The summed E-state index contributed by atoms with van der Waals surface area (Å²) >= 11 is 0. The number of carbonyl (C=O) groups excluding carboxylic acids is 1. The quantitative estimate of drug-likeness (QED) is 0.532. The predicted molar refractivity (Wildman–Crippen MR) is 79.2 cm³/mol. The smallest absolute Gasteiger partial charge is 0.267 e. The summed E-state index contributed by atoms with van der Waals surface area (Å²) in [7, 11) is 0. The summed E-state index contributed by atoms with van der Waals surface area (Å²) < 4.78 is 0. The monoisotopic (exact) mass is 283 g/mol. The van der Waals surface area contributed by atoms with Crippen LogP contribution in [0.3, 0.4) is 0 Å². The molecule has 0 unspecified atom stereocenters. The maximum absolute atomic E-state index is 12.0. The van der Waals surface area contributed by atoms with Crippen molar-refractivity contribution in [1.82, 2.24) is 5.43 Å². The molecule has 0 aromatic heterocycles. The van der Waals surface area contributed by atoms with Gasteiger partial charge >= 0.3 is 0 Å². The van der Waals surface area contributed by atoms with E-state index in [-0.39, 0.29) is 11.3 Å². The van der Waals surface area contributed by atoms with E-state index < -0.39 is 10.8 Å². The van der Waals surface area contributed by atoms with Crippen LogP contribution in [-0.2, 0) is 0 Å². The summed E-state index contributed by atoms with van der Waals surface area (Å²) in [4.78, 5) is 22.3. The number of hydrogen-bond acceptors (Lipinski definition) is 4. The fourth-order valence-electron chi connectivity index (χ4n) is 1.76. The highest BCUT2D eigenvalue weighted by atomic mass is 16.6. The Bertz CT molecular complexity index is 696. The van der Waals surface area contributed by atoms with Gasteiger partial charge in [0, 0.05) is 6.07 Å². The Morgan fingerprint density at radius 2 is 1.71 bits per heavy atom. The molecule has 0 aliphatic heterocycles. The molecule has 0 saturated carbocycles. The average molecular weight is 283 g/mol. The summed E-state index contributed by atoms with van der Waals surface area (Å²) in [6, 6.07) is 15.1. The van der Waals surface area contributed by atoms with Crippen LogP contribution in [0.4, 0.5) is 5.69 Å². The van der Waals surface area contributed by atoms with Gasteiger partial charge in [-0.1, -0.05) is 42.5 Å². The highest BCUT2D eigenvalue weighted by Crippen LogP contribution is 2.17. The largest absolute Gasteiger partial charge is 0.282 e. The Morgan fingerprint density at radius 3 is 2.38 bits per heavy atom. The molecule has 0 aliphatic carbocycles. The van der Waals surface area contributed by atoms with E-state index in [4.69, 9.17) is 0 Å². The molecule has 0 aliphatic rings. The third-order valence-corrected chi connectivity index (χ3v) is 2.86. The van der Waals surface area contributed by atoms with E-state index in [1.807, 2.05) is 30.3 Å². The van der Waals surface area contributed by atoms with Gasteiger partial charge in [-0.25, -0.2) is 5.43 Å². The van der Waals surface area contributed by atoms with Crippen LogP contribution in [0.25, 0.3) is 0 Å². The van der Waals surface area contributed by atoms with E-state index in [1.165, 1.54) is 18.2 Å². The second-order valence-corrected chi connectivity index (χ2v) is 4.28. The van der Waals surface area contributed by atoms with Crippen LogP contribution in [-0.4, -0.2) is 16.5 Å². The second-order valence-electron chi connectivity index (χ2n) is 4.28. The third kappa shape index (κ3) is 3.50. The Kier molecular flexibility index (Phi) is 4.40. The standard InChI is InChI=1S/C15H13N3O3/c1-11(12-7-3-2-4-8-12)16-17-15(19)13-9-5-6-10-14(13)18(20)21/h2-10H,1H3,(H,17,19). The van der Waals surface area contributed by atoms with Crippen molar-refractivity contribution in [2.45, 2.75) is 6.92 Å². The van der Waals surface area contributed by atoms with E-state index in [9.17, 15) is 14.9 Å². The van der Waals surface area contributed by atoms with Crippen LogP contribution >= 0.6 is 0 Å². The SMILES string of the molecule is CC(=NNC(=O)c1ccccc1[N+](=O)[O-])c1ccccc1. The molecular formula is C15H13N3O3. The van der Waals surface area contributed by atoms with Gasteiger partial charge in [-0.3, -0.25) is 14.9 Å². The maximum atomic E-state index is 12.0. The molecule has 0 bridgehead atoms. The van der Waals surface area contributed by atoms with E-state index >= 15 is 0 Å². The topological polar surface area (TPSA) is 84.6 Å². The molecule has 0 atom stereocenters. The van der Waals surface area contributed by atoms with E-state index in [2.05, 4.69) is 10.5 Å². The highest BCUT2D eigenvalue weighted by molar-refractivity contribution is 6.02. The summed E-state index contributed by atoms with van der Waals surface area (Å²) in [6.45, 7) is 1.75. The van der Waals surface area contributed by atoms with Crippen LogP contribution in [0.5, 0.6) is 0 Å². The number of nitro benzene ring substituents is 1. The fourth-order valence-corrected chi connectivity index (χ4v) is 1.76. The number of nitrogens with zero attached hydrogens (tertiary/aromatic N) is 2. The van der Waals surface area contributed by atoms with E-state index in [0.29, 0.717) is 5.71 Å². The first-order valence-electron chi connectivity index (χ1n) is 6.23. The number of carbonyl (C=O) groups is 1. The molecule has 2 aromatic rings. The molecule has 0 spiro atoms. The van der Waals surface area contributed by atoms with Crippen molar-refractivity contribution in [1.29, 1.82) is 0 Å². The summed E-state index contributed by atoms with van der Waals surface area (Å²) in [5.74, 6) is -0.613. The van der Waals surface area contributed by atoms with Gasteiger partial charge in [0.1, 0.15) is 5.56 Å². The van der Waals surface area contributed by atoms with Crippen molar-refractivity contribution < 1.29 is 9.72 Å². The molecular weight excluding hydrogens is 270 g/mol. The van der Waals surface area contributed by atoms with E-state index in [0.717, 1.165) is 5.56 Å². The van der Waals surface area contributed by atoms with Gasteiger partial charge in [0.05, 0.1) is 10.6 Å². The van der Waals surface area contributed by atoms with Crippen LogP contribution in [0.1, 0.15) is 22.8 Å². The fraction of sp³-hybridized carbons (Fsp3) is 0.0667. The van der Waals surface area contributed by atoms with Crippen molar-refractivity contribution in [3.05, 3.63) is 75.8 Å². The van der Waals surface area contributed by atoms with Gasteiger partial charge in [0.2, 0.25) is 0 Å². The zero-order chi connectivity index (χ0) is 15.2. The lowest BCUT2D eigenvalue weighted by Gasteiger charge is -2.03. The molecule has 1 amide bonds. The van der Waals surface area contributed by atoms with Crippen molar-refractivity contribution in [2.24, 2.45) is 5.10 Å². The molecule has 2 aromatic carbocycles. The van der Waals surface area contributed by atoms with Gasteiger partial charge in [-0.15, -0.1) is 0 Å².